The zero-order chi connectivity index (χ0) is 11.6. The van der Waals surface area contributed by atoms with Crippen molar-refractivity contribution in [1.29, 1.82) is 0 Å². The number of nitrogens with zero attached hydrogens (tertiary/aromatic N) is 1. The van der Waals surface area contributed by atoms with Crippen LogP contribution in [-0.4, -0.2) is 16.1 Å². The Labute approximate surface area is 83.6 Å². The molecule has 3 nitrogen and oxygen atoms in total. The van der Waals surface area contributed by atoms with Gasteiger partial charge in [0.25, 0.3) is 0 Å². The van der Waals surface area contributed by atoms with Crippen LogP contribution in [0.1, 0.15) is 24.2 Å². The van der Waals surface area contributed by atoms with Gasteiger partial charge >= 0.3 is 12.1 Å². The standard InChI is InChI=1S/C9H8F3NO2/c1-5(8(14)15)6-3-2-4-7(13-6)9(10,11)12/h2-5H,1H3,(H,14,15). The zero-order valence-electron chi connectivity index (χ0n) is 7.75. The van der Waals surface area contributed by atoms with Crippen LogP contribution in [0.25, 0.3) is 0 Å². The number of rotatable bonds is 2. The molecule has 1 heterocycles. The Kier molecular flexibility index (Phi) is 2.97. The zero-order valence-corrected chi connectivity index (χ0v) is 7.75. The minimum Gasteiger partial charge on any atom is -0.481 e. The van der Waals surface area contributed by atoms with Gasteiger partial charge in [0.05, 0.1) is 11.6 Å². The molecule has 1 atom stereocenters. The fourth-order valence-corrected chi connectivity index (χ4v) is 0.977. The topological polar surface area (TPSA) is 50.2 Å². The third-order valence-corrected chi connectivity index (χ3v) is 1.88. The summed E-state index contributed by atoms with van der Waals surface area (Å²) in [6.07, 6.45) is -4.55. The van der Waals surface area contributed by atoms with Crippen molar-refractivity contribution in [3.8, 4) is 0 Å². The SMILES string of the molecule is CC(C(=O)O)c1cccc(C(F)(F)F)n1. The van der Waals surface area contributed by atoms with E-state index in [2.05, 4.69) is 4.98 Å². The minimum absolute atomic E-state index is 0.0997. The van der Waals surface area contributed by atoms with E-state index in [-0.39, 0.29) is 5.69 Å². The largest absolute Gasteiger partial charge is 0.481 e. The normalized spacial score (nSPS) is 13.6. The molecule has 1 rings (SSSR count). The third kappa shape index (κ3) is 2.68. The second kappa shape index (κ2) is 3.88. The van der Waals surface area contributed by atoms with Crippen LogP contribution in [0.2, 0.25) is 0 Å². The second-order valence-electron chi connectivity index (χ2n) is 3.01. The molecule has 0 aromatic carbocycles. The molecular weight excluding hydrogens is 211 g/mol. The molecule has 82 valence electrons. The summed E-state index contributed by atoms with van der Waals surface area (Å²) < 4.78 is 36.7. The molecule has 0 amide bonds. The molecule has 1 unspecified atom stereocenters. The number of hydrogen-bond acceptors (Lipinski definition) is 2. The summed E-state index contributed by atoms with van der Waals surface area (Å²) in [4.78, 5) is 13.8. The highest BCUT2D eigenvalue weighted by Crippen LogP contribution is 2.28. The van der Waals surface area contributed by atoms with E-state index >= 15 is 0 Å². The molecule has 0 aliphatic heterocycles. The molecule has 0 aliphatic rings. The van der Waals surface area contributed by atoms with Gasteiger partial charge in [-0.15, -0.1) is 0 Å². The van der Waals surface area contributed by atoms with Gasteiger partial charge in [-0.05, 0) is 19.1 Å². The highest BCUT2D eigenvalue weighted by molar-refractivity contribution is 5.74. The Balaban J connectivity index is 3.08. The van der Waals surface area contributed by atoms with Crippen molar-refractivity contribution in [2.75, 3.05) is 0 Å². The lowest BCUT2D eigenvalue weighted by molar-refractivity contribution is -0.142. The summed E-state index contributed by atoms with van der Waals surface area (Å²) in [7, 11) is 0. The first-order valence-corrected chi connectivity index (χ1v) is 4.09. The molecule has 15 heavy (non-hydrogen) atoms. The van der Waals surface area contributed by atoms with Crippen molar-refractivity contribution in [1.82, 2.24) is 4.98 Å². The third-order valence-electron chi connectivity index (χ3n) is 1.88. The molecule has 0 saturated heterocycles. The number of hydrogen-bond donors (Lipinski definition) is 1. The van der Waals surface area contributed by atoms with Crippen molar-refractivity contribution in [3.63, 3.8) is 0 Å². The van der Waals surface area contributed by atoms with E-state index in [0.29, 0.717) is 0 Å². The number of halogens is 3. The predicted molar refractivity (Wildman–Crippen MR) is 45.3 cm³/mol. The maximum absolute atomic E-state index is 12.2. The first-order chi connectivity index (χ1) is 6.82. The van der Waals surface area contributed by atoms with Crippen LogP contribution >= 0.6 is 0 Å². The van der Waals surface area contributed by atoms with Gasteiger partial charge in [-0.2, -0.15) is 13.2 Å². The molecule has 0 bridgehead atoms. The monoisotopic (exact) mass is 219 g/mol. The molecule has 6 heteroatoms. The van der Waals surface area contributed by atoms with Gasteiger partial charge in [-0.25, -0.2) is 4.98 Å². The van der Waals surface area contributed by atoms with Crippen LogP contribution in [0, 0.1) is 0 Å². The Morgan fingerprint density at radius 2 is 2.07 bits per heavy atom. The van der Waals surface area contributed by atoms with Gasteiger partial charge in [-0.1, -0.05) is 6.07 Å². The molecule has 0 aliphatic carbocycles. The van der Waals surface area contributed by atoms with Gasteiger partial charge in [0, 0.05) is 0 Å². The lowest BCUT2D eigenvalue weighted by atomic mass is 10.1. The van der Waals surface area contributed by atoms with Gasteiger partial charge in [0.2, 0.25) is 0 Å². The molecule has 1 aromatic heterocycles. The van der Waals surface area contributed by atoms with Crippen LogP contribution < -0.4 is 0 Å². The maximum atomic E-state index is 12.2. The molecule has 0 spiro atoms. The van der Waals surface area contributed by atoms with E-state index in [1.807, 2.05) is 0 Å². The lowest BCUT2D eigenvalue weighted by Gasteiger charge is -2.09. The quantitative estimate of drug-likeness (QED) is 0.830. The van der Waals surface area contributed by atoms with Crippen molar-refractivity contribution >= 4 is 5.97 Å². The van der Waals surface area contributed by atoms with Gasteiger partial charge in [0.1, 0.15) is 5.69 Å². The number of carboxylic acid groups (broad SMARTS) is 1. The fourth-order valence-electron chi connectivity index (χ4n) is 0.977. The average molecular weight is 219 g/mol. The fraction of sp³-hybridized carbons (Fsp3) is 0.333. The van der Waals surface area contributed by atoms with Crippen molar-refractivity contribution in [3.05, 3.63) is 29.6 Å². The number of aromatic nitrogens is 1. The summed E-state index contributed by atoms with van der Waals surface area (Å²) in [5.74, 6) is -2.26. The van der Waals surface area contributed by atoms with Gasteiger partial charge < -0.3 is 5.11 Å². The van der Waals surface area contributed by atoms with E-state index in [0.717, 1.165) is 12.1 Å². The maximum Gasteiger partial charge on any atom is 0.433 e. The van der Waals surface area contributed by atoms with Crippen LogP contribution in [0.4, 0.5) is 13.2 Å². The van der Waals surface area contributed by atoms with Gasteiger partial charge in [0.15, 0.2) is 0 Å². The van der Waals surface area contributed by atoms with E-state index < -0.39 is 23.8 Å². The van der Waals surface area contributed by atoms with E-state index in [1.54, 1.807) is 0 Å². The van der Waals surface area contributed by atoms with Crippen LogP contribution in [0.15, 0.2) is 18.2 Å². The summed E-state index contributed by atoms with van der Waals surface area (Å²) in [5, 5.41) is 8.61. The lowest BCUT2D eigenvalue weighted by Crippen LogP contribution is -2.13. The van der Waals surface area contributed by atoms with Crippen molar-refractivity contribution in [2.45, 2.75) is 19.0 Å². The van der Waals surface area contributed by atoms with Crippen LogP contribution in [0.5, 0.6) is 0 Å². The van der Waals surface area contributed by atoms with Crippen molar-refractivity contribution in [2.24, 2.45) is 0 Å². The first kappa shape index (κ1) is 11.5. The number of carbonyl (C=O) groups is 1. The van der Waals surface area contributed by atoms with Crippen molar-refractivity contribution < 1.29 is 23.1 Å². The number of alkyl halides is 3. The highest BCUT2D eigenvalue weighted by Gasteiger charge is 2.33. The predicted octanol–water partition coefficient (Wildman–Crippen LogP) is 2.29. The Morgan fingerprint density at radius 3 is 2.53 bits per heavy atom. The first-order valence-electron chi connectivity index (χ1n) is 4.09. The Bertz CT molecular complexity index is 376. The summed E-state index contributed by atoms with van der Waals surface area (Å²) in [6.45, 7) is 1.28. The van der Waals surface area contributed by atoms with E-state index in [4.69, 9.17) is 5.11 Å². The van der Waals surface area contributed by atoms with Gasteiger partial charge in [-0.3, -0.25) is 4.79 Å². The summed E-state index contributed by atoms with van der Waals surface area (Å²) >= 11 is 0. The molecule has 0 saturated carbocycles. The summed E-state index contributed by atoms with van der Waals surface area (Å²) in [5.41, 5.74) is -1.18. The average Bonchev–Trinajstić information content (AvgIpc) is 2.15. The number of aliphatic carboxylic acids is 1. The Morgan fingerprint density at radius 1 is 1.47 bits per heavy atom. The Hall–Kier alpha value is -1.59. The number of carboxylic acids is 1. The van der Waals surface area contributed by atoms with Crippen LogP contribution in [-0.2, 0) is 11.0 Å². The molecular formula is C9H8F3NO2. The second-order valence-corrected chi connectivity index (χ2v) is 3.01. The van der Waals surface area contributed by atoms with E-state index in [1.165, 1.54) is 13.0 Å². The molecule has 1 aromatic rings. The summed E-state index contributed by atoms with van der Waals surface area (Å²) in [6, 6.07) is 3.21. The smallest absolute Gasteiger partial charge is 0.433 e. The molecule has 0 fully saturated rings. The van der Waals surface area contributed by atoms with Crippen LogP contribution in [0.3, 0.4) is 0 Å². The number of pyridine rings is 1. The molecule has 0 radical (unpaired) electrons. The highest BCUT2D eigenvalue weighted by atomic mass is 19.4. The molecule has 1 N–H and O–H groups in total. The van der Waals surface area contributed by atoms with E-state index in [9.17, 15) is 18.0 Å². The minimum atomic E-state index is -4.55.